The number of hydrogen-bond acceptors (Lipinski definition) is 3. The maximum Gasteiger partial charge on any atom is 0.222 e. The normalized spacial score (nSPS) is 21.0. The van der Waals surface area contributed by atoms with Gasteiger partial charge in [-0.05, 0) is 56.4 Å². The third-order valence-corrected chi connectivity index (χ3v) is 5.23. The van der Waals surface area contributed by atoms with Gasteiger partial charge in [-0.3, -0.25) is 9.59 Å². The van der Waals surface area contributed by atoms with Crippen molar-refractivity contribution >= 4 is 17.5 Å². The number of hydrogen-bond donors (Lipinski definition) is 1. The van der Waals surface area contributed by atoms with E-state index in [4.69, 9.17) is 0 Å². The minimum Gasteiger partial charge on any atom is -0.381 e. The molecule has 0 bridgehead atoms. The molecule has 142 valence electrons. The molecule has 1 atom stereocenters. The van der Waals surface area contributed by atoms with Gasteiger partial charge in [0.25, 0.3) is 0 Å². The van der Waals surface area contributed by atoms with Crippen molar-refractivity contribution in [1.82, 2.24) is 9.80 Å². The van der Waals surface area contributed by atoms with Crippen LogP contribution < -0.4 is 5.32 Å². The first-order valence-corrected chi connectivity index (χ1v) is 9.69. The summed E-state index contributed by atoms with van der Waals surface area (Å²) >= 11 is 0. The minimum atomic E-state index is -0.247. The van der Waals surface area contributed by atoms with E-state index in [0.29, 0.717) is 25.9 Å². The average molecular weight is 361 g/mol. The zero-order chi connectivity index (χ0) is 18.4. The maximum atomic E-state index is 13.0. The highest BCUT2D eigenvalue weighted by Crippen LogP contribution is 2.18. The fraction of sp³-hybridized carbons (Fsp3) is 0.600. The molecule has 2 heterocycles. The molecule has 2 fully saturated rings. The second-order valence-corrected chi connectivity index (χ2v) is 7.27. The van der Waals surface area contributed by atoms with Crippen LogP contribution >= 0.6 is 0 Å². The van der Waals surface area contributed by atoms with Crippen molar-refractivity contribution in [3.05, 3.63) is 30.1 Å². The Morgan fingerprint density at radius 1 is 1.15 bits per heavy atom. The summed E-state index contributed by atoms with van der Waals surface area (Å²) in [4.78, 5) is 28.1. The molecule has 26 heavy (non-hydrogen) atoms. The summed E-state index contributed by atoms with van der Waals surface area (Å²) in [5, 5.41) is 3.39. The molecular formula is C20H28FN3O2. The second-order valence-electron chi connectivity index (χ2n) is 7.27. The van der Waals surface area contributed by atoms with Crippen molar-refractivity contribution < 1.29 is 14.0 Å². The van der Waals surface area contributed by atoms with Gasteiger partial charge in [-0.15, -0.1) is 0 Å². The van der Waals surface area contributed by atoms with Gasteiger partial charge in [0, 0.05) is 50.7 Å². The number of piperidine rings is 2. The van der Waals surface area contributed by atoms with E-state index in [-0.39, 0.29) is 23.7 Å². The molecule has 0 aliphatic carbocycles. The van der Waals surface area contributed by atoms with Crippen molar-refractivity contribution in [2.75, 3.05) is 31.5 Å². The predicted octanol–water partition coefficient (Wildman–Crippen LogP) is 3.02. The van der Waals surface area contributed by atoms with Crippen LogP contribution in [0, 0.1) is 5.82 Å². The van der Waals surface area contributed by atoms with Crippen LogP contribution in [0.15, 0.2) is 24.3 Å². The summed E-state index contributed by atoms with van der Waals surface area (Å²) in [7, 11) is 0. The third-order valence-electron chi connectivity index (χ3n) is 5.23. The standard InChI is InChI=1S/C20H28FN3O2/c21-16-8-10-17(11-9-16)22-18-5-3-14-24(15-18)20(26)7-4-13-23-12-2-1-6-19(23)25/h8-11,18,22H,1-7,12-15H2. The Morgan fingerprint density at radius 3 is 2.73 bits per heavy atom. The van der Waals surface area contributed by atoms with Gasteiger partial charge in [0.15, 0.2) is 0 Å². The molecule has 2 saturated heterocycles. The number of halogens is 1. The zero-order valence-corrected chi connectivity index (χ0v) is 15.3. The number of anilines is 1. The summed E-state index contributed by atoms with van der Waals surface area (Å²) in [6.45, 7) is 3.00. The lowest BCUT2D eigenvalue weighted by Gasteiger charge is -2.34. The highest BCUT2D eigenvalue weighted by Gasteiger charge is 2.24. The van der Waals surface area contributed by atoms with Crippen LogP contribution in [0.2, 0.25) is 0 Å². The van der Waals surface area contributed by atoms with E-state index >= 15 is 0 Å². The van der Waals surface area contributed by atoms with Gasteiger partial charge in [-0.1, -0.05) is 0 Å². The molecule has 1 N–H and O–H groups in total. The van der Waals surface area contributed by atoms with Gasteiger partial charge in [0.1, 0.15) is 5.82 Å². The second kappa shape index (κ2) is 9.01. The predicted molar refractivity (Wildman–Crippen MR) is 99.3 cm³/mol. The number of amides is 2. The highest BCUT2D eigenvalue weighted by atomic mass is 19.1. The monoisotopic (exact) mass is 361 g/mol. The van der Waals surface area contributed by atoms with Gasteiger partial charge in [0.2, 0.25) is 11.8 Å². The van der Waals surface area contributed by atoms with Gasteiger partial charge < -0.3 is 15.1 Å². The minimum absolute atomic E-state index is 0.167. The van der Waals surface area contributed by atoms with E-state index in [1.54, 1.807) is 12.1 Å². The Bertz CT molecular complexity index is 620. The Balaban J connectivity index is 1.42. The summed E-state index contributed by atoms with van der Waals surface area (Å²) in [6, 6.07) is 6.53. The van der Waals surface area contributed by atoms with E-state index in [1.165, 1.54) is 12.1 Å². The van der Waals surface area contributed by atoms with Crippen LogP contribution in [0.25, 0.3) is 0 Å². The number of benzene rings is 1. The average Bonchev–Trinajstić information content (AvgIpc) is 2.65. The fourth-order valence-corrected chi connectivity index (χ4v) is 3.78. The van der Waals surface area contributed by atoms with Gasteiger partial charge in [-0.2, -0.15) is 0 Å². The molecule has 0 spiro atoms. The van der Waals surface area contributed by atoms with Crippen molar-refractivity contribution in [2.45, 2.75) is 51.0 Å². The summed E-state index contributed by atoms with van der Waals surface area (Å²) in [5.74, 6) is 0.147. The van der Waals surface area contributed by atoms with E-state index in [0.717, 1.165) is 50.9 Å². The van der Waals surface area contributed by atoms with E-state index in [2.05, 4.69) is 5.32 Å². The summed E-state index contributed by atoms with van der Waals surface area (Å²) in [6.07, 6.45) is 5.91. The molecule has 0 aromatic heterocycles. The first-order chi connectivity index (χ1) is 12.6. The van der Waals surface area contributed by atoms with E-state index in [9.17, 15) is 14.0 Å². The number of carbonyl (C=O) groups excluding carboxylic acids is 2. The third kappa shape index (κ3) is 5.19. The lowest BCUT2D eigenvalue weighted by Crippen LogP contribution is -2.45. The van der Waals surface area contributed by atoms with Crippen LogP contribution in [-0.2, 0) is 9.59 Å². The molecule has 2 aliphatic rings. The van der Waals surface area contributed by atoms with Crippen molar-refractivity contribution in [2.24, 2.45) is 0 Å². The number of likely N-dealkylation sites (tertiary alicyclic amines) is 2. The van der Waals surface area contributed by atoms with Crippen LogP contribution in [0.5, 0.6) is 0 Å². The summed E-state index contributed by atoms with van der Waals surface area (Å²) < 4.78 is 13.0. The molecule has 2 aliphatic heterocycles. The molecule has 1 unspecified atom stereocenters. The Morgan fingerprint density at radius 2 is 1.96 bits per heavy atom. The number of nitrogens with one attached hydrogen (secondary N) is 1. The molecule has 1 aromatic rings. The van der Waals surface area contributed by atoms with Gasteiger partial charge >= 0.3 is 0 Å². The molecular weight excluding hydrogens is 333 g/mol. The molecule has 1 aromatic carbocycles. The highest BCUT2D eigenvalue weighted by molar-refractivity contribution is 5.77. The largest absolute Gasteiger partial charge is 0.381 e. The summed E-state index contributed by atoms with van der Waals surface area (Å²) in [5.41, 5.74) is 0.884. The molecule has 6 heteroatoms. The molecule has 5 nitrogen and oxygen atoms in total. The number of nitrogens with zero attached hydrogens (tertiary/aromatic N) is 2. The Kier molecular flexibility index (Phi) is 6.47. The Labute approximate surface area is 154 Å². The number of carbonyl (C=O) groups is 2. The van der Waals surface area contributed by atoms with Crippen LogP contribution in [0.4, 0.5) is 10.1 Å². The van der Waals surface area contributed by atoms with Crippen molar-refractivity contribution in [3.8, 4) is 0 Å². The SMILES string of the molecule is O=C1CCCCN1CCCC(=O)N1CCCC(Nc2ccc(F)cc2)C1. The lowest BCUT2D eigenvalue weighted by atomic mass is 10.0. The van der Waals surface area contributed by atoms with Crippen LogP contribution in [0.1, 0.15) is 44.9 Å². The molecule has 0 radical (unpaired) electrons. The molecule has 3 rings (SSSR count). The van der Waals surface area contributed by atoms with Gasteiger partial charge in [-0.25, -0.2) is 4.39 Å². The lowest BCUT2D eigenvalue weighted by molar-refractivity contribution is -0.135. The smallest absolute Gasteiger partial charge is 0.222 e. The maximum absolute atomic E-state index is 13.0. The quantitative estimate of drug-likeness (QED) is 0.847. The van der Waals surface area contributed by atoms with Crippen LogP contribution in [0.3, 0.4) is 0 Å². The van der Waals surface area contributed by atoms with Crippen LogP contribution in [-0.4, -0.2) is 53.8 Å². The number of rotatable bonds is 6. The van der Waals surface area contributed by atoms with Crippen molar-refractivity contribution in [1.29, 1.82) is 0 Å². The van der Waals surface area contributed by atoms with E-state index in [1.807, 2.05) is 9.80 Å². The Hall–Kier alpha value is -2.11. The molecule has 0 saturated carbocycles. The fourth-order valence-electron chi connectivity index (χ4n) is 3.78. The first kappa shape index (κ1) is 18.7. The zero-order valence-electron chi connectivity index (χ0n) is 15.3. The van der Waals surface area contributed by atoms with Crippen molar-refractivity contribution in [3.63, 3.8) is 0 Å². The topological polar surface area (TPSA) is 52.7 Å². The van der Waals surface area contributed by atoms with Gasteiger partial charge in [0.05, 0.1) is 0 Å². The molecule has 2 amide bonds. The van der Waals surface area contributed by atoms with E-state index < -0.39 is 0 Å². The first-order valence-electron chi connectivity index (χ1n) is 9.69.